The monoisotopic (exact) mass is 309 g/mol. The number of hydrogen-bond donors (Lipinski definition) is 1. The second-order valence-corrected chi connectivity index (χ2v) is 4.65. The molecular weight excluding hydrogens is 287 g/mol. The van der Waals surface area contributed by atoms with Crippen LogP contribution in [-0.4, -0.2) is 26.1 Å². The fraction of sp³-hybridized carbons (Fsp3) is 0.571. The minimum absolute atomic E-state index is 0.243. The van der Waals surface area contributed by atoms with Crippen molar-refractivity contribution >= 4 is 11.8 Å². The minimum atomic E-state index is -4.22. The maximum Gasteiger partial charge on any atom is 0.393 e. The molecule has 0 bridgehead atoms. The summed E-state index contributed by atoms with van der Waals surface area (Å²) in [5.41, 5.74) is 6.56. The van der Waals surface area contributed by atoms with Gasteiger partial charge in [-0.2, -0.15) is 13.2 Å². The van der Waals surface area contributed by atoms with Crippen LogP contribution in [0, 0.1) is 0 Å². The average molecular weight is 309 g/mol. The third-order valence-corrected chi connectivity index (χ3v) is 3.31. The van der Waals surface area contributed by atoms with Crippen LogP contribution in [0.15, 0.2) is 17.0 Å². The van der Waals surface area contributed by atoms with E-state index in [1.54, 1.807) is 12.3 Å². The molecule has 0 heterocycles. The van der Waals surface area contributed by atoms with Crippen LogP contribution in [0.25, 0.3) is 0 Å². The molecule has 20 heavy (non-hydrogen) atoms. The molecule has 6 heteroatoms. The van der Waals surface area contributed by atoms with Crippen LogP contribution >= 0.6 is 11.8 Å². The Kier molecular flexibility index (Phi) is 8.73. The topological polar surface area (TPSA) is 35.2 Å². The molecule has 2 nitrogen and oxygen atoms in total. The minimum Gasteiger partial charge on any atom is -0.496 e. The molecule has 0 aliphatic rings. The first-order chi connectivity index (χ1) is 9.41. The SMILES string of the molecule is CC.COc1cc(CC(F)(F)F)c(SC)cc1CCN. The maximum absolute atomic E-state index is 12.5. The second kappa shape index (κ2) is 9.13. The van der Waals surface area contributed by atoms with Gasteiger partial charge in [-0.3, -0.25) is 0 Å². The number of benzene rings is 1. The normalized spacial score (nSPS) is 10.8. The molecule has 0 saturated heterocycles. The van der Waals surface area contributed by atoms with Crippen LogP contribution in [-0.2, 0) is 12.8 Å². The predicted molar refractivity (Wildman–Crippen MR) is 78.6 cm³/mol. The molecule has 0 radical (unpaired) electrons. The summed E-state index contributed by atoms with van der Waals surface area (Å²) in [6.07, 6.45) is -2.82. The third kappa shape index (κ3) is 6.05. The molecule has 0 spiro atoms. The highest BCUT2D eigenvalue weighted by molar-refractivity contribution is 7.98. The van der Waals surface area contributed by atoms with E-state index in [0.717, 1.165) is 5.56 Å². The molecule has 0 unspecified atom stereocenters. The first-order valence-corrected chi connectivity index (χ1v) is 7.64. The lowest BCUT2D eigenvalue weighted by atomic mass is 10.0. The lowest BCUT2D eigenvalue weighted by molar-refractivity contribution is -0.127. The molecular formula is C14H22F3NOS. The van der Waals surface area contributed by atoms with Gasteiger partial charge in [0.2, 0.25) is 0 Å². The molecule has 0 atom stereocenters. The van der Waals surface area contributed by atoms with E-state index < -0.39 is 12.6 Å². The van der Waals surface area contributed by atoms with E-state index in [4.69, 9.17) is 10.5 Å². The number of halogens is 3. The fourth-order valence-electron chi connectivity index (χ4n) is 1.73. The lowest BCUT2D eigenvalue weighted by Gasteiger charge is -2.15. The van der Waals surface area contributed by atoms with Crippen LogP contribution in [0.3, 0.4) is 0 Å². The van der Waals surface area contributed by atoms with Gasteiger partial charge in [0.1, 0.15) is 5.75 Å². The van der Waals surface area contributed by atoms with Gasteiger partial charge in [0.15, 0.2) is 0 Å². The zero-order valence-electron chi connectivity index (χ0n) is 12.3. The Morgan fingerprint density at radius 2 is 1.80 bits per heavy atom. The predicted octanol–water partition coefficient (Wildman–Crippen LogP) is 4.05. The van der Waals surface area contributed by atoms with E-state index in [1.165, 1.54) is 24.9 Å². The first-order valence-electron chi connectivity index (χ1n) is 6.42. The Balaban J connectivity index is 0.00000172. The largest absolute Gasteiger partial charge is 0.496 e. The van der Waals surface area contributed by atoms with Gasteiger partial charge >= 0.3 is 6.18 Å². The van der Waals surface area contributed by atoms with Gasteiger partial charge in [0.25, 0.3) is 0 Å². The highest BCUT2D eigenvalue weighted by atomic mass is 32.2. The molecule has 0 fully saturated rings. The van der Waals surface area contributed by atoms with Gasteiger partial charge in [-0.15, -0.1) is 11.8 Å². The summed E-state index contributed by atoms with van der Waals surface area (Å²) in [5, 5.41) is 0. The summed E-state index contributed by atoms with van der Waals surface area (Å²) in [7, 11) is 1.45. The molecule has 116 valence electrons. The fourth-order valence-corrected chi connectivity index (χ4v) is 2.38. The van der Waals surface area contributed by atoms with Crippen LogP contribution in [0.1, 0.15) is 25.0 Å². The quantitative estimate of drug-likeness (QED) is 0.833. The lowest BCUT2D eigenvalue weighted by Crippen LogP contribution is -2.13. The van der Waals surface area contributed by atoms with Crippen molar-refractivity contribution in [3.8, 4) is 5.75 Å². The van der Waals surface area contributed by atoms with E-state index >= 15 is 0 Å². The zero-order chi connectivity index (χ0) is 15.8. The molecule has 1 rings (SSSR count). The van der Waals surface area contributed by atoms with Crippen molar-refractivity contribution in [3.63, 3.8) is 0 Å². The van der Waals surface area contributed by atoms with E-state index in [-0.39, 0.29) is 5.56 Å². The van der Waals surface area contributed by atoms with Gasteiger partial charge in [0, 0.05) is 4.90 Å². The zero-order valence-corrected chi connectivity index (χ0v) is 13.1. The van der Waals surface area contributed by atoms with Crippen molar-refractivity contribution in [2.75, 3.05) is 19.9 Å². The van der Waals surface area contributed by atoms with Crippen LogP contribution in [0.5, 0.6) is 5.75 Å². The number of thioether (sulfide) groups is 1. The van der Waals surface area contributed by atoms with E-state index in [2.05, 4.69) is 0 Å². The van der Waals surface area contributed by atoms with Crippen molar-refractivity contribution < 1.29 is 17.9 Å². The molecule has 1 aromatic rings. The summed E-state index contributed by atoms with van der Waals surface area (Å²) in [4.78, 5) is 0.622. The van der Waals surface area contributed by atoms with Crippen molar-refractivity contribution in [1.82, 2.24) is 0 Å². The summed E-state index contributed by atoms with van der Waals surface area (Å²) >= 11 is 1.30. The third-order valence-electron chi connectivity index (χ3n) is 2.49. The Morgan fingerprint density at radius 3 is 2.20 bits per heavy atom. The Labute approximate surface area is 122 Å². The van der Waals surface area contributed by atoms with Gasteiger partial charge in [-0.25, -0.2) is 0 Å². The molecule has 0 aliphatic heterocycles. The van der Waals surface area contributed by atoms with E-state index in [0.29, 0.717) is 23.6 Å². The van der Waals surface area contributed by atoms with Crippen molar-refractivity contribution in [2.45, 2.75) is 37.8 Å². The maximum atomic E-state index is 12.5. The number of hydrogen-bond acceptors (Lipinski definition) is 3. The van der Waals surface area contributed by atoms with Crippen LogP contribution in [0.2, 0.25) is 0 Å². The molecule has 0 aromatic heterocycles. The Hall–Kier alpha value is -0.880. The summed E-state index contributed by atoms with van der Waals surface area (Å²) in [6, 6.07) is 3.20. The molecule has 0 amide bonds. The van der Waals surface area contributed by atoms with Crippen LogP contribution in [0.4, 0.5) is 13.2 Å². The average Bonchev–Trinajstić information content (AvgIpc) is 2.40. The van der Waals surface area contributed by atoms with Gasteiger partial charge in [-0.05, 0) is 42.5 Å². The molecule has 0 aliphatic carbocycles. The van der Waals surface area contributed by atoms with Crippen molar-refractivity contribution in [3.05, 3.63) is 23.3 Å². The standard InChI is InChI=1S/C12H16F3NOS.C2H6/c1-17-10-5-9(7-12(13,14)15)11(18-2)6-8(10)3-4-16;1-2/h5-6H,3-4,7,16H2,1-2H3;1-2H3. The molecule has 2 N–H and O–H groups in total. The highest BCUT2D eigenvalue weighted by Gasteiger charge is 2.29. The van der Waals surface area contributed by atoms with Gasteiger partial charge < -0.3 is 10.5 Å². The summed E-state index contributed by atoms with van der Waals surface area (Å²) < 4.78 is 42.5. The second-order valence-electron chi connectivity index (χ2n) is 3.81. The Bertz CT molecular complexity index is 408. The number of nitrogens with two attached hydrogens (primary N) is 1. The van der Waals surface area contributed by atoms with Crippen LogP contribution < -0.4 is 10.5 Å². The smallest absolute Gasteiger partial charge is 0.393 e. The number of ether oxygens (including phenoxy) is 1. The molecule has 1 aromatic carbocycles. The summed E-state index contributed by atoms with van der Waals surface area (Å²) in [5.74, 6) is 0.470. The first kappa shape index (κ1) is 19.1. The van der Waals surface area contributed by atoms with E-state index in [1.807, 2.05) is 13.8 Å². The van der Waals surface area contributed by atoms with Gasteiger partial charge in [0.05, 0.1) is 13.5 Å². The summed E-state index contributed by atoms with van der Waals surface area (Å²) in [6.45, 7) is 4.43. The molecule has 0 saturated carbocycles. The highest BCUT2D eigenvalue weighted by Crippen LogP contribution is 2.33. The van der Waals surface area contributed by atoms with Gasteiger partial charge in [-0.1, -0.05) is 13.8 Å². The van der Waals surface area contributed by atoms with E-state index in [9.17, 15) is 13.2 Å². The van der Waals surface area contributed by atoms with Crippen molar-refractivity contribution in [2.24, 2.45) is 5.73 Å². The number of alkyl halides is 3. The van der Waals surface area contributed by atoms with Crippen molar-refractivity contribution in [1.29, 1.82) is 0 Å². The number of methoxy groups -OCH3 is 1. The Morgan fingerprint density at radius 1 is 1.20 bits per heavy atom. The number of rotatable bonds is 5.